The smallest absolute Gasteiger partial charge is 0.410 e. The van der Waals surface area contributed by atoms with Gasteiger partial charge in [0.1, 0.15) is 12.4 Å². The summed E-state index contributed by atoms with van der Waals surface area (Å²) in [6, 6.07) is 3.67. The number of cyclic esters (lactones) is 1. The van der Waals surface area contributed by atoms with Crippen LogP contribution in [0.5, 0.6) is 5.75 Å². The van der Waals surface area contributed by atoms with Gasteiger partial charge in [0.15, 0.2) is 0 Å². The normalized spacial score (nSPS) is 25.4. The Kier molecular flexibility index (Phi) is 3.23. The van der Waals surface area contributed by atoms with Crippen LogP contribution >= 0.6 is 23.2 Å². The van der Waals surface area contributed by atoms with Gasteiger partial charge in [-0.2, -0.15) is 0 Å². The Morgan fingerprint density at radius 1 is 1.42 bits per heavy atom. The number of ether oxygens (including phenoxy) is 2. The van der Waals surface area contributed by atoms with Crippen molar-refractivity contribution in [3.63, 3.8) is 0 Å². The average Bonchev–Trinajstić information content (AvgIpc) is 2.95. The van der Waals surface area contributed by atoms with E-state index >= 15 is 0 Å². The zero-order chi connectivity index (χ0) is 13.6. The zero-order valence-corrected chi connectivity index (χ0v) is 11.9. The van der Waals surface area contributed by atoms with Gasteiger partial charge in [0, 0.05) is 18.0 Å². The largest absolute Gasteiger partial charge is 0.496 e. The van der Waals surface area contributed by atoms with Gasteiger partial charge in [0.05, 0.1) is 23.2 Å². The van der Waals surface area contributed by atoms with E-state index in [0.29, 0.717) is 28.9 Å². The predicted octanol–water partition coefficient (Wildman–Crippen LogP) is 3.31. The molecule has 2 heterocycles. The summed E-state index contributed by atoms with van der Waals surface area (Å²) < 4.78 is 10.4. The average molecular weight is 302 g/mol. The molecule has 19 heavy (non-hydrogen) atoms. The fraction of sp³-hybridized carbons (Fsp3) is 0.462. The molecule has 3 rings (SSSR count). The Bertz CT molecular complexity index is 535. The molecule has 2 aliphatic heterocycles. The molecule has 1 aromatic carbocycles. The van der Waals surface area contributed by atoms with Crippen LogP contribution in [-0.4, -0.2) is 37.3 Å². The van der Waals surface area contributed by atoms with Gasteiger partial charge >= 0.3 is 6.09 Å². The number of methoxy groups -OCH3 is 1. The topological polar surface area (TPSA) is 38.8 Å². The first-order chi connectivity index (χ1) is 9.11. The molecule has 2 fully saturated rings. The van der Waals surface area contributed by atoms with E-state index in [1.807, 2.05) is 6.07 Å². The van der Waals surface area contributed by atoms with Crippen LogP contribution in [-0.2, 0) is 4.74 Å². The van der Waals surface area contributed by atoms with Gasteiger partial charge in [-0.15, -0.1) is 0 Å². The summed E-state index contributed by atoms with van der Waals surface area (Å²) in [6.45, 7) is 1.05. The van der Waals surface area contributed by atoms with Crippen LogP contribution < -0.4 is 4.74 Å². The second kappa shape index (κ2) is 4.76. The maximum atomic E-state index is 11.6. The molecule has 0 saturated carbocycles. The third-order valence-electron chi connectivity index (χ3n) is 3.77. The quantitative estimate of drug-likeness (QED) is 0.841. The molecular weight excluding hydrogens is 289 g/mol. The summed E-state index contributed by atoms with van der Waals surface area (Å²) in [4.78, 5) is 13.3. The number of benzene rings is 1. The van der Waals surface area contributed by atoms with Gasteiger partial charge in [-0.3, -0.25) is 0 Å². The Morgan fingerprint density at radius 2 is 2.21 bits per heavy atom. The van der Waals surface area contributed by atoms with E-state index in [-0.39, 0.29) is 18.1 Å². The molecule has 0 aliphatic carbocycles. The van der Waals surface area contributed by atoms with Crippen molar-refractivity contribution in [3.05, 3.63) is 27.7 Å². The first kappa shape index (κ1) is 12.9. The highest BCUT2D eigenvalue weighted by atomic mass is 35.5. The van der Waals surface area contributed by atoms with Crippen molar-refractivity contribution in [1.29, 1.82) is 0 Å². The van der Waals surface area contributed by atoms with E-state index < -0.39 is 0 Å². The Balaban J connectivity index is 1.95. The Labute approximate surface area is 121 Å². The molecule has 0 unspecified atom stereocenters. The monoisotopic (exact) mass is 301 g/mol. The summed E-state index contributed by atoms with van der Waals surface area (Å²) in [6.07, 6.45) is 0.576. The van der Waals surface area contributed by atoms with Gasteiger partial charge in [-0.1, -0.05) is 23.2 Å². The molecule has 0 N–H and O–H groups in total. The first-order valence-electron chi connectivity index (χ1n) is 6.07. The van der Waals surface area contributed by atoms with Crippen molar-refractivity contribution in [2.24, 2.45) is 0 Å². The number of amides is 1. The number of fused-ring (bicyclic) bond motifs is 1. The summed E-state index contributed by atoms with van der Waals surface area (Å²) in [5.74, 6) is 0.855. The molecule has 0 spiro atoms. The van der Waals surface area contributed by atoms with Crippen LogP contribution in [0.1, 0.15) is 17.9 Å². The fourth-order valence-electron chi connectivity index (χ4n) is 2.86. The summed E-state index contributed by atoms with van der Waals surface area (Å²) in [5.41, 5.74) is 0.888. The van der Waals surface area contributed by atoms with Crippen LogP contribution in [0.3, 0.4) is 0 Å². The van der Waals surface area contributed by atoms with E-state index in [4.69, 9.17) is 32.7 Å². The van der Waals surface area contributed by atoms with Crippen LogP contribution in [0.25, 0.3) is 0 Å². The maximum Gasteiger partial charge on any atom is 0.410 e. The number of carbonyl (C=O) groups is 1. The third kappa shape index (κ3) is 2.03. The van der Waals surface area contributed by atoms with Gasteiger partial charge in [-0.25, -0.2) is 4.79 Å². The number of rotatable bonds is 2. The van der Waals surface area contributed by atoms with Gasteiger partial charge in [0.25, 0.3) is 0 Å². The van der Waals surface area contributed by atoms with Crippen molar-refractivity contribution in [2.45, 2.75) is 18.4 Å². The SMILES string of the molecule is COc1ccc(Cl)c(Cl)c1[C@H]1C[C@H]2COC(=O)N2C1. The lowest BCUT2D eigenvalue weighted by atomic mass is 9.95. The minimum atomic E-state index is -0.246. The summed E-state index contributed by atoms with van der Waals surface area (Å²) in [7, 11) is 1.60. The Morgan fingerprint density at radius 3 is 2.89 bits per heavy atom. The number of carbonyl (C=O) groups excluding carboxylic acids is 1. The highest BCUT2D eigenvalue weighted by Gasteiger charge is 2.43. The number of nitrogens with zero attached hydrogens (tertiary/aromatic N) is 1. The molecule has 2 atom stereocenters. The highest BCUT2D eigenvalue weighted by molar-refractivity contribution is 6.42. The van der Waals surface area contributed by atoms with Crippen molar-refractivity contribution < 1.29 is 14.3 Å². The number of hydrogen-bond acceptors (Lipinski definition) is 3. The fourth-order valence-corrected chi connectivity index (χ4v) is 3.34. The molecule has 1 amide bonds. The van der Waals surface area contributed by atoms with Gasteiger partial charge in [0.2, 0.25) is 0 Å². The minimum absolute atomic E-state index is 0.136. The molecule has 0 radical (unpaired) electrons. The third-order valence-corrected chi connectivity index (χ3v) is 4.59. The zero-order valence-electron chi connectivity index (χ0n) is 10.4. The van der Waals surface area contributed by atoms with Gasteiger partial charge in [-0.05, 0) is 18.6 Å². The molecule has 0 bridgehead atoms. The van der Waals surface area contributed by atoms with E-state index in [9.17, 15) is 4.79 Å². The van der Waals surface area contributed by atoms with Crippen LogP contribution in [0, 0.1) is 0 Å². The molecule has 1 aromatic rings. The van der Waals surface area contributed by atoms with Crippen molar-refractivity contribution in [2.75, 3.05) is 20.3 Å². The van der Waals surface area contributed by atoms with E-state index in [2.05, 4.69) is 0 Å². The second-order valence-corrected chi connectivity index (χ2v) is 5.58. The molecule has 0 aromatic heterocycles. The van der Waals surface area contributed by atoms with Crippen LogP contribution in [0.15, 0.2) is 12.1 Å². The predicted molar refractivity (Wildman–Crippen MR) is 72.2 cm³/mol. The Hall–Kier alpha value is -1.13. The molecule has 2 saturated heterocycles. The number of halogens is 2. The van der Waals surface area contributed by atoms with Crippen molar-refractivity contribution in [1.82, 2.24) is 4.90 Å². The minimum Gasteiger partial charge on any atom is -0.496 e. The van der Waals surface area contributed by atoms with Crippen molar-refractivity contribution in [3.8, 4) is 5.75 Å². The van der Waals surface area contributed by atoms with Gasteiger partial charge < -0.3 is 14.4 Å². The molecule has 102 valence electrons. The maximum absolute atomic E-state index is 11.6. The first-order valence-corrected chi connectivity index (χ1v) is 6.82. The lowest BCUT2D eigenvalue weighted by molar-refractivity contribution is 0.158. The van der Waals surface area contributed by atoms with Crippen molar-refractivity contribution >= 4 is 29.3 Å². The summed E-state index contributed by atoms with van der Waals surface area (Å²) >= 11 is 12.4. The van der Waals surface area contributed by atoms with E-state index in [0.717, 1.165) is 12.0 Å². The lowest BCUT2D eigenvalue weighted by Crippen LogP contribution is -2.27. The molecule has 2 aliphatic rings. The molecule has 6 heteroatoms. The molecule has 4 nitrogen and oxygen atoms in total. The summed E-state index contributed by atoms with van der Waals surface area (Å²) in [5, 5.41) is 1.02. The second-order valence-electron chi connectivity index (χ2n) is 4.79. The lowest BCUT2D eigenvalue weighted by Gasteiger charge is -2.17. The number of hydrogen-bond donors (Lipinski definition) is 0. The van der Waals surface area contributed by atoms with Crippen LogP contribution in [0.4, 0.5) is 4.79 Å². The molecular formula is C13H13Cl2NO3. The standard InChI is InChI=1S/C13H13Cl2NO3/c1-18-10-3-2-9(14)12(15)11(10)7-4-8-6-19-13(17)16(8)5-7/h2-3,7-8H,4-6H2,1H3/t7-,8-/m0/s1. The highest BCUT2D eigenvalue weighted by Crippen LogP contribution is 2.44. The van der Waals surface area contributed by atoms with Crippen LogP contribution in [0.2, 0.25) is 10.0 Å². The van der Waals surface area contributed by atoms with E-state index in [1.165, 1.54) is 0 Å². The van der Waals surface area contributed by atoms with E-state index in [1.54, 1.807) is 18.1 Å².